The summed E-state index contributed by atoms with van der Waals surface area (Å²) in [5, 5.41) is 3.35. The highest BCUT2D eigenvalue weighted by Crippen LogP contribution is 2.29. The average molecular weight is 226 g/mol. The lowest BCUT2D eigenvalue weighted by atomic mass is 10.1. The van der Waals surface area contributed by atoms with Crippen LogP contribution < -0.4 is 5.32 Å². The van der Waals surface area contributed by atoms with Gasteiger partial charge in [0.15, 0.2) is 0 Å². The van der Waals surface area contributed by atoms with E-state index >= 15 is 0 Å². The molecule has 2 fully saturated rings. The molecule has 2 rings (SSSR count). The van der Waals surface area contributed by atoms with Crippen molar-refractivity contribution in [3.63, 3.8) is 0 Å². The minimum atomic E-state index is -2.79. The quantitative estimate of drug-likeness (QED) is 0.716. The molecule has 0 spiro atoms. The van der Waals surface area contributed by atoms with E-state index in [1.165, 1.54) is 6.26 Å². The van der Waals surface area contributed by atoms with Gasteiger partial charge in [-0.3, -0.25) is 0 Å². The standard InChI is InChI=1S/C8H15NO2S.ClH/c1-12(10,11)8-4-6-2-3-7(5-8)9-6;/h6-9H,2-5H2,1H3;1H. The van der Waals surface area contributed by atoms with Crippen LogP contribution in [0.25, 0.3) is 0 Å². The molecule has 2 aliphatic heterocycles. The van der Waals surface area contributed by atoms with Gasteiger partial charge in [-0.15, -0.1) is 12.4 Å². The number of hydrogen-bond donors (Lipinski definition) is 1. The van der Waals surface area contributed by atoms with Crippen molar-refractivity contribution in [3.05, 3.63) is 0 Å². The lowest BCUT2D eigenvalue weighted by molar-refractivity contribution is 0.402. The van der Waals surface area contributed by atoms with Crippen LogP contribution >= 0.6 is 12.4 Å². The van der Waals surface area contributed by atoms with Gasteiger partial charge < -0.3 is 5.32 Å². The van der Waals surface area contributed by atoms with Gasteiger partial charge in [0.25, 0.3) is 0 Å². The zero-order valence-corrected chi connectivity index (χ0v) is 9.33. The van der Waals surface area contributed by atoms with Gasteiger partial charge in [-0.2, -0.15) is 0 Å². The second-order valence-corrected chi connectivity index (χ2v) is 6.39. The Bertz CT molecular complexity index is 266. The first-order valence-corrected chi connectivity index (χ1v) is 6.46. The van der Waals surface area contributed by atoms with E-state index in [1.807, 2.05) is 0 Å². The molecule has 0 amide bonds. The molecule has 0 aromatic heterocycles. The molecule has 0 radical (unpaired) electrons. The Morgan fingerprint density at radius 3 is 2.00 bits per heavy atom. The van der Waals surface area contributed by atoms with Crippen LogP contribution in [0.3, 0.4) is 0 Å². The summed E-state index contributed by atoms with van der Waals surface area (Å²) < 4.78 is 22.6. The first-order valence-electron chi connectivity index (χ1n) is 4.50. The average Bonchev–Trinajstić information content (AvgIpc) is 2.28. The Balaban J connectivity index is 0.000000845. The highest BCUT2D eigenvalue weighted by atomic mass is 35.5. The Morgan fingerprint density at radius 2 is 1.62 bits per heavy atom. The van der Waals surface area contributed by atoms with Crippen molar-refractivity contribution in [2.24, 2.45) is 0 Å². The van der Waals surface area contributed by atoms with Crippen LogP contribution in [0.5, 0.6) is 0 Å². The number of hydrogen-bond acceptors (Lipinski definition) is 3. The minimum Gasteiger partial charge on any atom is -0.311 e. The number of rotatable bonds is 1. The van der Waals surface area contributed by atoms with Crippen LogP contribution in [0.15, 0.2) is 0 Å². The van der Waals surface area contributed by atoms with Gasteiger partial charge in [-0.05, 0) is 25.7 Å². The topological polar surface area (TPSA) is 46.2 Å². The van der Waals surface area contributed by atoms with Crippen molar-refractivity contribution < 1.29 is 8.42 Å². The lowest BCUT2D eigenvalue weighted by Gasteiger charge is -2.27. The molecule has 13 heavy (non-hydrogen) atoms. The molecular weight excluding hydrogens is 210 g/mol. The largest absolute Gasteiger partial charge is 0.311 e. The van der Waals surface area contributed by atoms with E-state index in [9.17, 15) is 8.42 Å². The summed E-state index contributed by atoms with van der Waals surface area (Å²) in [5.41, 5.74) is 0. The smallest absolute Gasteiger partial charge is 0.150 e. The molecule has 0 aromatic carbocycles. The van der Waals surface area contributed by atoms with E-state index in [1.54, 1.807) is 0 Å². The first kappa shape index (κ1) is 11.3. The van der Waals surface area contributed by atoms with Crippen LogP contribution in [-0.2, 0) is 9.84 Å². The highest BCUT2D eigenvalue weighted by Gasteiger charge is 2.37. The molecular formula is C8H16ClNO2S. The van der Waals surface area contributed by atoms with E-state index in [0.717, 1.165) is 25.7 Å². The molecule has 2 saturated heterocycles. The van der Waals surface area contributed by atoms with E-state index in [2.05, 4.69) is 5.32 Å². The number of sulfone groups is 1. The maximum atomic E-state index is 11.3. The van der Waals surface area contributed by atoms with Gasteiger partial charge in [0.05, 0.1) is 5.25 Å². The molecule has 5 heteroatoms. The minimum absolute atomic E-state index is 0. The van der Waals surface area contributed by atoms with Crippen molar-refractivity contribution in [2.45, 2.75) is 43.0 Å². The molecule has 0 saturated carbocycles. The van der Waals surface area contributed by atoms with Gasteiger partial charge in [0.2, 0.25) is 0 Å². The number of fused-ring (bicyclic) bond motifs is 2. The third-order valence-electron chi connectivity index (χ3n) is 3.04. The van der Waals surface area contributed by atoms with Crippen LogP contribution in [0, 0.1) is 0 Å². The van der Waals surface area contributed by atoms with Gasteiger partial charge in [-0.25, -0.2) is 8.42 Å². The lowest BCUT2D eigenvalue weighted by Crippen LogP contribution is -2.43. The zero-order chi connectivity index (χ0) is 8.77. The van der Waals surface area contributed by atoms with E-state index in [-0.39, 0.29) is 17.7 Å². The fourth-order valence-corrected chi connectivity index (χ4v) is 3.52. The predicted molar refractivity (Wildman–Crippen MR) is 55.1 cm³/mol. The summed E-state index contributed by atoms with van der Waals surface area (Å²) in [6.07, 6.45) is 5.35. The van der Waals surface area contributed by atoms with E-state index in [0.29, 0.717) is 12.1 Å². The van der Waals surface area contributed by atoms with Crippen LogP contribution in [0.2, 0.25) is 0 Å². The number of nitrogens with one attached hydrogen (secondary N) is 1. The Labute approximate surface area is 85.6 Å². The second kappa shape index (κ2) is 3.75. The molecule has 2 bridgehead atoms. The van der Waals surface area contributed by atoms with Gasteiger partial charge >= 0.3 is 0 Å². The summed E-state index contributed by atoms with van der Waals surface area (Å²) in [6, 6.07) is 0.951. The van der Waals surface area contributed by atoms with Crippen molar-refractivity contribution in [1.82, 2.24) is 5.32 Å². The fourth-order valence-electron chi connectivity index (χ4n) is 2.35. The summed E-state index contributed by atoms with van der Waals surface area (Å²) >= 11 is 0. The Kier molecular flexibility index (Phi) is 3.25. The fraction of sp³-hybridized carbons (Fsp3) is 1.00. The molecule has 0 aromatic rings. The van der Waals surface area contributed by atoms with Gasteiger partial charge in [0.1, 0.15) is 9.84 Å². The van der Waals surface area contributed by atoms with Crippen molar-refractivity contribution in [2.75, 3.05) is 6.26 Å². The van der Waals surface area contributed by atoms with E-state index < -0.39 is 9.84 Å². The van der Waals surface area contributed by atoms with Crippen LogP contribution in [-0.4, -0.2) is 32.0 Å². The van der Waals surface area contributed by atoms with Gasteiger partial charge in [0, 0.05) is 18.3 Å². The summed E-state index contributed by atoms with van der Waals surface area (Å²) in [7, 11) is -2.79. The summed E-state index contributed by atoms with van der Waals surface area (Å²) in [6.45, 7) is 0. The third kappa shape index (κ3) is 2.36. The zero-order valence-electron chi connectivity index (χ0n) is 7.69. The Hall–Kier alpha value is 0.200. The Morgan fingerprint density at radius 1 is 1.15 bits per heavy atom. The van der Waals surface area contributed by atoms with Crippen molar-refractivity contribution in [1.29, 1.82) is 0 Å². The predicted octanol–water partition coefficient (Wildman–Crippen LogP) is 0.736. The van der Waals surface area contributed by atoms with Gasteiger partial charge in [-0.1, -0.05) is 0 Å². The monoisotopic (exact) mass is 225 g/mol. The second-order valence-electron chi connectivity index (χ2n) is 4.06. The molecule has 3 nitrogen and oxygen atoms in total. The molecule has 78 valence electrons. The molecule has 2 atom stereocenters. The molecule has 2 unspecified atom stereocenters. The van der Waals surface area contributed by atoms with Crippen LogP contribution in [0.4, 0.5) is 0 Å². The number of halogens is 1. The normalized spacial score (nSPS) is 38.4. The summed E-state index contributed by atoms with van der Waals surface area (Å²) in [4.78, 5) is 0. The third-order valence-corrected chi connectivity index (χ3v) is 4.63. The maximum absolute atomic E-state index is 11.3. The highest BCUT2D eigenvalue weighted by molar-refractivity contribution is 7.91. The molecule has 2 aliphatic rings. The first-order chi connectivity index (χ1) is 5.55. The van der Waals surface area contributed by atoms with Crippen LogP contribution in [0.1, 0.15) is 25.7 Å². The van der Waals surface area contributed by atoms with Crippen molar-refractivity contribution in [3.8, 4) is 0 Å². The molecule has 1 N–H and O–H groups in total. The maximum Gasteiger partial charge on any atom is 0.150 e. The summed E-state index contributed by atoms with van der Waals surface area (Å²) in [5.74, 6) is 0. The molecule has 2 heterocycles. The SMILES string of the molecule is CS(=O)(=O)C1CC2CCC(C1)N2.Cl. The van der Waals surface area contributed by atoms with Crippen molar-refractivity contribution >= 4 is 22.2 Å². The number of piperidine rings is 1. The van der Waals surface area contributed by atoms with E-state index in [4.69, 9.17) is 0 Å². The molecule has 0 aliphatic carbocycles.